The van der Waals surface area contributed by atoms with Gasteiger partial charge in [0, 0.05) is 6.20 Å². The summed E-state index contributed by atoms with van der Waals surface area (Å²) in [6.45, 7) is 6.95. The van der Waals surface area contributed by atoms with Crippen LogP contribution in [0.15, 0.2) is 36.3 Å². The summed E-state index contributed by atoms with van der Waals surface area (Å²) in [6.07, 6.45) is 2.54. The molecule has 0 bridgehead atoms. The molecule has 7 heteroatoms. The van der Waals surface area contributed by atoms with Gasteiger partial charge in [0.15, 0.2) is 11.6 Å². The van der Waals surface area contributed by atoms with Crippen LogP contribution < -0.4 is 10.2 Å². The number of benzene rings is 1. The third-order valence-electron chi connectivity index (χ3n) is 3.41. The minimum Gasteiger partial charge on any atom is -0.482 e. The van der Waals surface area contributed by atoms with Gasteiger partial charge >= 0.3 is 5.97 Å². The van der Waals surface area contributed by atoms with Crippen LogP contribution in [0.4, 0.5) is 8.78 Å². The van der Waals surface area contributed by atoms with E-state index in [4.69, 9.17) is 9.47 Å². The Morgan fingerprint density at radius 1 is 1.48 bits per heavy atom. The van der Waals surface area contributed by atoms with E-state index in [1.165, 1.54) is 16.8 Å². The van der Waals surface area contributed by atoms with Gasteiger partial charge in [0.05, 0.1) is 11.1 Å². The van der Waals surface area contributed by atoms with Crippen LogP contribution in [0.3, 0.4) is 0 Å². The summed E-state index contributed by atoms with van der Waals surface area (Å²) in [5.74, 6) is -3.69. The first-order valence-electron chi connectivity index (χ1n) is 6.62. The van der Waals surface area contributed by atoms with Gasteiger partial charge in [-0.3, -0.25) is 4.79 Å². The molecule has 1 aliphatic heterocycles. The molecule has 0 radical (unpaired) electrons. The molecule has 0 atom stereocenters. The van der Waals surface area contributed by atoms with Crippen LogP contribution in [0.2, 0.25) is 0 Å². The Hall–Kier alpha value is -2.96. The summed E-state index contributed by atoms with van der Waals surface area (Å²) >= 11 is 0. The highest BCUT2D eigenvalue weighted by atomic mass is 19.2. The summed E-state index contributed by atoms with van der Waals surface area (Å²) < 4.78 is 38.9. The largest absolute Gasteiger partial charge is 0.482 e. The average Bonchev–Trinajstić information content (AvgIpc) is 2.53. The Bertz CT molecular complexity index is 930. The third-order valence-corrected chi connectivity index (χ3v) is 3.41. The number of nitrogens with zero attached hydrogens (tertiary/aromatic N) is 1. The standard InChI is InChI=1S/C16H11F2NO4/c1-3-4-22-16(21)10-6-19-8(2)7-23-15-12(18)11(17)5-9(13(15)19)14(10)20/h3,5-6H,1-2,4,7H2. The second kappa shape index (κ2) is 5.35. The number of hydrogen-bond donors (Lipinski definition) is 0. The van der Waals surface area contributed by atoms with Gasteiger partial charge in [-0.15, -0.1) is 0 Å². The molecule has 0 unspecified atom stereocenters. The summed E-state index contributed by atoms with van der Waals surface area (Å²) in [7, 11) is 0. The number of carbonyl (C=O) groups is 1. The molecule has 23 heavy (non-hydrogen) atoms. The summed E-state index contributed by atoms with van der Waals surface area (Å²) in [6, 6.07) is 0.735. The lowest BCUT2D eigenvalue weighted by Gasteiger charge is -2.23. The number of ether oxygens (including phenoxy) is 2. The molecule has 1 aliphatic rings. The van der Waals surface area contributed by atoms with E-state index in [-0.39, 0.29) is 35.4 Å². The van der Waals surface area contributed by atoms with E-state index >= 15 is 0 Å². The third kappa shape index (κ3) is 2.21. The van der Waals surface area contributed by atoms with Crippen molar-refractivity contribution in [3.8, 4) is 5.75 Å². The number of rotatable bonds is 3. The molecule has 0 fully saturated rings. The molecule has 0 spiro atoms. The fraction of sp³-hybridized carbons (Fsp3) is 0.125. The van der Waals surface area contributed by atoms with Crippen molar-refractivity contribution in [1.29, 1.82) is 0 Å². The van der Waals surface area contributed by atoms with Gasteiger partial charge in [-0.25, -0.2) is 9.18 Å². The van der Waals surface area contributed by atoms with Crippen LogP contribution in [-0.2, 0) is 4.74 Å². The van der Waals surface area contributed by atoms with Gasteiger partial charge in [0.25, 0.3) is 0 Å². The molecule has 5 nitrogen and oxygen atoms in total. The maximum absolute atomic E-state index is 13.9. The topological polar surface area (TPSA) is 57.5 Å². The molecule has 0 N–H and O–H groups in total. The zero-order chi connectivity index (χ0) is 16.7. The van der Waals surface area contributed by atoms with Crippen molar-refractivity contribution < 1.29 is 23.0 Å². The lowest BCUT2D eigenvalue weighted by atomic mass is 10.1. The van der Waals surface area contributed by atoms with Crippen molar-refractivity contribution >= 4 is 22.6 Å². The molecule has 118 valence electrons. The molecular formula is C16H11F2NO4. The van der Waals surface area contributed by atoms with E-state index in [1.54, 1.807) is 0 Å². The Labute approximate surface area is 129 Å². The van der Waals surface area contributed by atoms with Gasteiger partial charge in [-0.1, -0.05) is 19.2 Å². The minimum absolute atomic E-state index is 0.0328. The molecular weight excluding hydrogens is 308 g/mol. The molecule has 0 aliphatic carbocycles. The smallest absolute Gasteiger partial charge is 0.343 e. The zero-order valence-corrected chi connectivity index (χ0v) is 11.9. The summed E-state index contributed by atoms with van der Waals surface area (Å²) in [5.41, 5.74) is -0.681. The van der Waals surface area contributed by atoms with Crippen LogP contribution in [0, 0.1) is 11.6 Å². The SMILES string of the molecule is C=CCOC(=O)c1cn2c3c(c(F)c(F)cc3c1=O)OCC2=C. The van der Waals surface area contributed by atoms with Crippen molar-refractivity contribution in [2.24, 2.45) is 0 Å². The number of hydrogen-bond acceptors (Lipinski definition) is 4. The lowest BCUT2D eigenvalue weighted by molar-refractivity contribution is 0.0547. The maximum atomic E-state index is 13.9. The second-order valence-corrected chi connectivity index (χ2v) is 4.88. The number of esters is 1. The Morgan fingerprint density at radius 2 is 2.22 bits per heavy atom. The van der Waals surface area contributed by atoms with Crippen LogP contribution in [0.5, 0.6) is 5.75 Å². The van der Waals surface area contributed by atoms with E-state index in [1.807, 2.05) is 0 Å². The lowest BCUT2D eigenvalue weighted by Crippen LogP contribution is -2.24. The van der Waals surface area contributed by atoms with E-state index in [2.05, 4.69) is 13.2 Å². The van der Waals surface area contributed by atoms with Crippen LogP contribution in [0.25, 0.3) is 16.6 Å². The molecule has 3 rings (SSSR count). The molecule has 1 aromatic carbocycles. The van der Waals surface area contributed by atoms with Gasteiger partial charge in [-0.05, 0) is 6.07 Å². The molecule has 0 amide bonds. The van der Waals surface area contributed by atoms with Crippen LogP contribution in [0.1, 0.15) is 10.4 Å². The fourth-order valence-corrected chi connectivity index (χ4v) is 2.37. The zero-order valence-electron chi connectivity index (χ0n) is 11.9. The van der Waals surface area contributed by atoms with Crippen LogP contribution >= 0.6 is 0 Å². The van der Waals surface area contributed by atoms with Crippen LogP contribution in [-0.4, -0.2) is 23.8 Å². The molecule has 2 aromatic rings. The highest BCUT2D eigenvalue weighted by molar-refractivity contribution is 5.97. The van der Waals surface area contributed by atoms with Gasteiger partial charge in [-0.2, -0.15) is 4.39 Å². The molecule has 1 aromatic heterocycles. The number of pyridine rings is 1. The Kier molecular flexibility index (Phi) is 3.48. The van der Waals surface area contributed by atoms with E-state index < -0.39 is 23.0 Å². The Balaban J connectivity index is 2.36. The predicted molar refractivity (Wildman–Crippen MR) is 79.4 cm³/mol. The van der Waals surface area contributed by atoms with Crippen molar-refractivity contribution in [1.82, 2.24) is 4.57 Å². The first-order valence-corrected chi connectivity index (χ1v) is 6.62. The highest BCUT2D eigenvalue weighted by Gasteiger charge is 2.27. The number of aromatic nitrogens is 1. The predicted octanol–water partition coefficient (Wildman–Crippen LogP) is 2.49. The van der Waals surface area contributed by atoms with E-state index in [0.29, 0.717) is 5.70 Å². The second-order valence-electron chi connectivity index (χ2n) is 4.88. The molecule has 0 saturated carbocycles. The number of carbonyl (C=O) groups excluding carboxylic acids is 1. The van der Waals surface area contributed by atoms with Crippen molar-refractivity contribution in [3.63, 3.8) is 0 Å². The minimum atomic E-state index is -1.24. The van der Waals surface area contributed by atoms with Gasteiger partial charge < -0.3 is 14.0 Å². The fourth-order valence-electron chi connectivity index (χ4n) is 2.37. The van der Waals surface area contributed by atoms with Gasteiger partial charge in [0.2, 0.25) is 11.2 Å². The van der Waals surface area contributed by atoms with E-state index in [0.717, 1.165) is 6.07 Å². The van der Waals surface area contributed by atoms with Crippen molar-refractivity contribution in [2.75, 3.05) is 13.2 Å². The monoisotopic (exact) mass is 319 g/mol. The summed E-state index contributed by atoms with van der Waals surface area (Å²) in [4.78, 5) is 24.4. The normalized spacial score (nSPS) is 12.9. The first-order chi connectivity index (χ1) is 11.0. The number of halogens is 2. The van der Waals surface area contributed by atoms with Crippen molar-refractivity contribution in [2.45, 2.75) is 0 Å². The first kappa shape index (κ1) is 15.0. The van der Waals surface area contributed by atoms with Crippen molar-refractivity contribution in [3.05, 3.63) is 58.9 Å². The summed E-state index contributed by atoms with van der Waals surface area (Å²) in [5, 5.41) is -0.187. The highest BCUT2D eigenvalue weighted by Crippen LogP contribution is 2.34. The Morgan fingerprint density at radius 3 is 2.91 bits per heavy atom. The maximum Gasteiger partial charge on any atom is 0.343 e. The molecule has 0 saturated heterocycles. The van der Waals surface area contributed by atoms with Gasteiger partial charge in [0.1, 0.15) is 24.3 Å². The molecule has 2 heterocycles. The average molecular weight is 319 g/mol. The van der Waals surface area contributed by atoms with E-state index in [9.17, 15) is 18.4 Å². The quantitative estimate of drug-likeness (QED) is 0.644.